The molecule has 1 aromatic carbocycles. The van der Waals surface area contributed by atoms with Crippen LogP contribution in [0.2, 0.25) is 0 Å². The highest BCUT2D eigenvalue weighted by Gasteiger charge is 2.20. The summed E-state index contributed by atoms with van der Waals surface area (Å²) < 4.78 is 22.4. The van der Waals surface area contributed by atoms with Gasteiger partial charge >= 0.3 is 5.63 Å². The topological polar surface area (TPSA) is 86.7 Å². The van der Waals surface area contributed by atoms with Crippen LogP contribution in [-0.4, -0.2) is 18.3 Å². The Balaban J connectivity index is 0.00000205. The number of nitrogens with one attached hydrogen (secondary N) is 1. The van der Waals surface area contributed by atoms with Gasteiger partial charge in [0.1, 0.15) is 11.3 Å². The number of fused-ring (bicyclic) bond motifs is 3. The van der Waals surface area contributed by atoms with Crippen LogP contribution in [0.3, 0.4) is 0 Å². The molecular weight excluding hydrogens is 396 g/mol. The molecule has 0 radical (unpaired) electrons. The van der Waals surface area contributed by atoms with Crippen LogP contribution >= 0.6 is 12.4 Å². The van der Waals surface area contributed by atoms with Gasteiger partial charge in [-0.25, -0.2) is 4.79 Å². The number of aryl methyl sites for hydroxylation is 1. The maximum absolute atomic E-state index is 12.2. The van der Waals surface area contributed by atoms with Crippen LogP contribution in [0.4, 0.5) is 0 Å². The van der Waals surface area contributed by atoms with Crippen molar-refractivity contribution in [3.63, 3.8) is 0 Å². The SMILES string of the molecule is CCNCc1cnc(C)c2oc(-c3cc(=O)oc4cc5c(cc34)OCO5)cc12.Cl. The molecule has 1 aliphatic heterocycles. The predicted octanol–water partition coefficient (Wildman–Crippen LogP) is 4.17. The summed E-state index contributed by atoms with van der Waals surface area (Å²) in [4.78, 5) is 16.6. The van der Waals surface area contributed by atoms with E-state index in [0.717, 1.165) is 28.6 Å². The highest BCUT2D eigenvalue weighted by molar-refractivity contribution is 5.97. The Hall–Kier alpha value is -3.03. The maximum Gasteiger partial charge on any atom is 0.336 e. The number of furan rings is 1. The van der Waals surface area contributed by atoms with Crippen LogP contribution in [-0.2, 0) is 6.54 Å². The second kappa shape index (κ2) is 7.42. The Labute approximate surface area is 172 Å². The van der Waals surface area contributed by atoms with Crippen LogP contribution in [0, 0.1) is 6.92 Å². The lowest BCUT2D eigenvalue weighted by molar-refractivity contribution is 0.174. The monoisotopic (exact) mass is 414 g/mol. The average Bonchev–Trinajstić information content (AvgIpc) is 3.32. The van der Waals surface area contributed by atoms with Crippen LogP contribution < -0.4 is 20.4 Å². The number of aromatic nitrogens is 1. The molecule has 5 rings (SSSR count). The first kappa shape index (κ1) is 19.3. The average molecular weight is 415 g/mol. The fourth-order valence-electron chi connectivity index (χ4n) is 3.49. The van der Waals surface area contributed by atoms with Gasteiger partial charge in [-0.2, -0.15) is 0 Å². The van der Waals surface area contributed by atoms with Crippen molar-refractivity contribution in [1.29, 1.82) is 0 Å². The van der Waals surface area contributed by atoms with Gasteiger partial charge in [-0.15, -0.1) is 12.4 Å². The number of ether oxygens (including phenoxy) is 2. The Kier molecular flexibility index (Phi) is 4.94. The molecule has 3 aromatic heterocycles. The molecule has 1 aliphatic rings. The van der Waals surface area contributed by atoms with E-state index in [1.807, 2.05) is 25.3 Å². The van der Waals surface area contributed by atoms with E-state index >= 15 is 0 Å². The molecule has 7 nitrogen and oxygen atoms in total. The maximum atomic E-state index is 12.2. The summed E-state index contributed by atoms with van der Waals surface area (Å²) in [6.45, 7) is 5.66. The van der Waals surface area contributed by atoms with Crippen LogP contribution in [0.15, 0.2) is 44.1 Å². The van der Waals surface area contributed by atoms with E-state index in [0.29, 0.717) is 40.5 Å². The van der Waals surface area contributed by atoms with E-state index in [1.165, 1.54) is 6.07 Å². The molecule has 4 aromatic rings. The molecule has 0 unspecified atom stereocenters. The first-order valence-corrected chi connectivity index (χ1v) is 9.10. The number of pyridine rings is 1. The smallest absolute Gasteiger partial charge is 0.336 e. The molecule has 0 amide bonds. The van der Waals surface area contributed by atoms with Crippen LogP contribution in [0.1, 0.15) is 18.2 Å². The lowest BCUT2D eigenvalue weighted by atomic mass is 10.1. The minimum atomic E-state index is -0.454. The zero-order valence-electron chi connectivity index (χ0n) is 15.9. The first-order valence-electron chi connectivity index (χ1n) is 9.10. The van der Waals surface area contributed by atoms with E-state index in [9.17, 15) is 4.79 Å². The van der Waals surface area contributed by atoms with Gasteiger partial charge in [0.15, 0.2) is 17.1 Å². The van der Waals surface area contributed by atoms with Crippen molar-refractivity contribution in [3.8, 4) is 22.8 Å². The zero-order valence-corrected chi connectivity index (χ0v) is 16.7. The van der Waals surface area contributed by atoms with E-state index in [1.54, 1.807) is 6.07 Å². The van der Waals surface area contributed by atoms with Gasteiger partial charge < -0.3 is 23.6 Å². The molecular formula is C21H19ClN2O5. The number of benzene rings is 1. The molecule has 0 aliphatic carbocycles. The lowest BCUT2D eigenvalue weighted by Gasteiger charge is -2.04. The Bertz CT molecular complexity index is 1280. The van der Waals surface area contributed by atoms with Crippen molar-refractivity contribution in [2.45, 2.75) is 20.4 Å². The number of hydrogen-bond donors (Lipinski definition) is 1. The molecule has 29 heavy (non-hydrogen) atoms. The number of hydrogen-bond acceptors (Lipinski definition) is 7. The standard InChI is InChI=1S/C21H18N2O5.ClH/c1-3-22-8-12-9-23-11(2)21-13(12)4-16(28-21)15-6-20(24)27-17-7-19-18(5-14(15)17)25-10-26-19;/h4-7,9,22H,3,8,10H2,1-2H3;1H. The van der Waals surface area contributed by atoms with Gasteiger partial charge in [-0.05, 0) is 31.2 Å². The van der Waals surface area contributed by atoms with Crippen molar-refractivity contribution < 1.29 is 18.3 Å². The van der Waals surface area contributed by atoms with Crippen molar-refractivity contribution in [1.82, 2.24) is 10.3 Å². The summed E-state index contributed by atoms with van der Waals surface area (Å²) in [5.41, 5.74) is 3.18. The fourth-order valence-corrected chi connectivity index (χ4v) is 3.49. The molecule has 0 spiro atoms. The molecule has 150 valence electrons. The van der Waals surface area contributed by atoms with Crippen LogP contribution in [0.25, 0.3) is 33.3 Å². The van der Waals surface area contributed by atoms with Crippen molar-refractivity contribution in [2.24, 2.45) is 0 Å². The number of nitrogens with zero attached hydrogens (tertiary/aromatic N) is 1. The van der Waals surface area contributed by atoms with E-state index in [2.05, 4.69) is 17.2 Å². The van der Waals surface area contributed by atoms with Gasteiger partial charge in [-0.1, -0.05) is 6.92 Å². The number of halogens is 1. The van der Waals surface area contributed by atoms with Crippen LogP contribution in [0.5, 0.6) is 11.5 Å². The molecule has 0 saturated carbocycles. The van der Waals surface area contributed by atoms with Gasteiger partial charge in [0, 0.05) is 41.2 Å². The zero-order chi connectivity index (χ0) is 19.3. The minimum Gasteiger partial charge on any atom is -0.454 e. The predicted molar refractivity (Wildman–Crippen MR) is 111 cm³/mol. The fraction of sp³-hybridized carbons (Fsp3) is 0.238. The summed E-state index contributed by atoms with van der Waals surface area (Å²) in [6, 6.07) is 6.88. The van der Waals surface area contributed by atoms with E-state index < -0.39 is 5.63 Å². The van der Waals surface area contributed by atoms with Gasteiger partial charge in [-0.3, -0.25) is 4.98 Å². The minimum absolute atomic E-state index is 0. The second-order valence-corrected chi connectivity index (χ2v) is 6.68. The molecule has 1 N–H and O–H groups in total. The normalized spacial score (nSPS) is 12.5. The summed E-state index contributed by atoms with van der Waals surface area (Å²) in [6.07, 6.45) is 1.86. The summed E-state index contributed by atoms with van der Waals surface area (Å²) in [5.74, 6) is 1.76. The van der Waals surface area contributed by atoms with Gasteiger partial charge in [0.25, 0.3) is 0 Å². The molecule has 0 bridgehead atoms. The Morgan fingerprint density at radius 2 is 1.86 bits per heavy atom. The second-order valence-electron chi connectivity index (χ2n) is 6.68. The Morgan fingerprint density at radius 3 is 2.66 bits per heavy atom. The molecule has 0 atom stereocenters. The van der Waals surface area contributed by atoms with Crippen molar-refractivity contribution in [3.05, 3.63) is 52.1 Å². The van der Waals surface area contributed by atoms with E-state index in [-0.39, 0.29) is 19.2 Å². The van der Waals surface area contributed by atoms with E-state index in [4.69, 9.17) is 18.3 Å². The summed E-state index contributed by atoms with van der Waals surface area (Å²) in [5, 5.41) is 5.02. The van der Waals surface area contributed by atoms with Crippen molar-refractivity contribution in [2.75, 3.05) is 13.3 Å². The number of rotatable bonds is 4. The largest absolute Gasteiger partial charge is 0.454 e. The highest BCUT2D eigenvalue weighted by Crippen LogP contribution is 2.40. The van der Waals surface area contributed by atoms with Crippen molar-refractivity contribution >= 4 is 34.3 Å². The third-order valence-corrected chi connectivity index (χ3v) is 4.89. The third kappa shape index (κ3) is 3.22. The summed E-state index contributed by atoms with van der Waals surface area (Å²) in [7, 11) is 0. The molecule has 0 saturated heterocycles. The molecule has 4 heterocycles. The summed E-state index contributed by atoms with van der Waals surface area (Å²) >= 11 is 0. The van der Waals surface area contributed by atoms with Gasteiger partial charge in [0.05, 0.1) is 5.69 Å². The highest BCUT2D eigenvalue weighted by atomic mass is 35.5. The van der Waals surface area contributed by atoms with Gasteiger partial charge in [0.2, 0.25) is 6.79 Å². The third-order valence-electron chi connectivity index (χ3n) is 4.89. The lowest BCUT2D eigenvalue weighted by Crippen LogP contribution is -2.12. The quantitative estimate of drug-likeness (QED) is 0.501. The first-order chi connectivity index (χ1) is 13.6. The molecule has 8 heteroatoms. The Morgan fingerprint density at radius 1 is 1.07 bits per heavy atom. The molecule has 0 fully saturated rings.